The number of nitrogens with zero attached hydrogens (tertiary/aromatic N) is 2. The van der Waals surface area contributed by atoms with Gasteiger partial charge in [-0.15, -0.1) is 0 Å². The third kappa shape index (κ3) is 1.45. The Bertz CT molecular complexity index is 706. The molecule has 2 aliphatic carbocycles. The zero-order valence-electron chi connectivity index (χ0n) is 16.3. The molecule has 0 radical (unpaired) electrons. The minimum absolute atomic E-state index is 0.0352. The van der Waals surface area contributed by atoms with Crippen LogP contribution < -0.4 is 0 Å². The standard InChI is InChI=1S/C21H30N2S/c1-16(2)13-17(3,4)20(16)22-23-21(24-20)18(5,6)14-11-9-10-12-15(14)19(21,7)8/h9-12H,13H2,1-8H3. The van der Waals surface area contributed by atoms with Crippen molar-refractivity contribution in [1.29, 1.82) is 0 Å². The Labute approximate surface area is 150 Å². The molecule has 0 N–H and O–H groups in total. The SMILES string of the molecule is CC1(C)CC(C)(C)C12N=NC1(S2)C(C)(C)c2ccccc2C1(C)C. The van der Waals surface area contributed by atoms with Crippen LogP contribution in [-0.4, -0.2) is 9.74 Å². The van der Waals surface area contributed by atoms with Crippen LogP contribution in [0.1, 0.15) is 72.9 Å². The molecule has 24 heavy (non-hydrogen) atoms. The number of thioether (sulfide) groups is 1. The van der Waals surface area contributed by atoms with E-state index in [1.807, 2.05) is 0 Å². The summed E-state index contributed by atoms with van der Waals surface area (Å²) in [6.07, 6.45) is 1.20. The molecule has 0 saturated heterocycles. The minimum atomic E-state index is -0.237. The monoisotopic (exact) mass is 342 g/mol. The number of hydrogen-bond acceptors (Lipinski definition) is 3. The molecule has 2 spiro atoms. The molecule has 0 aromatic heterocycles. The minimum Gasteiger partial charge on any atom is -0.174 e. The number of fused-ring (bicyclic) bond motifs is 1. The van der Waals surface area contributed by atoms with Crippen molar-refractivity contribution < 1.29 is 0 Å². The van der Waals surface area contributed by atoms with Gasteiger partial charge in [0.1, 0.15) is 9.74 Å². The normalized spacial score (nSPS) is 31.2. The van der Waals surface area contributed by atoms with Crippen LogP contribution in [0.4, 0.5) is 0 Å². The topological polar surface area (TPSA) is 24.7 Å². The fourth-order valence-corrected chi connectivity index (χ4v) is 8.34. The van der Waals surface area contributed by atoms with Crippen LogP contribution >= 0.6 is 11.8 Å². The number of azo groups is 1. The van der Waals surface area contributed by atoms with E-state index >= 15 is 0 Å². The van der Waals surface area contributed by atoms with Crippen molar-refractivity contribution >= 4 is 11.8 Å². The van der Waals surface area contributed by atoms with Crippen molar-refractivity contribution in [2.24, 2.45) is 21.1 Å². The van der Waals surface area contributed by atoms with Crippen molar-refractivity contribution in [1.82, 2.24) is 0 Å². The smallest absolute Gasteiger partial charge is 0.147 e. The van der Waals surface area contributed by atoms with Crippen molar-refractivity contribution in [3.8, 4) is 0 Å². The van der Waals surface area contributed by atoms with E-state index in [1.54, 1.807) is 0 Å². The molecular weight excluding hydrogens is 312 g/mol. The molecule has 1 heterocycles. The van der Waals surface area contributed by atoms with Gasteiger partial charge in [0.25, 0.3) is 0 Å². The predicted octanol–water partition coefficient (Wildman–Crippen LogP) is 6.30. The Hall–Kier alpha value is -0.830. The molecule has 2 nitrogen and oxygen atoms in total. The summed E-state index contributed by atoms with van der Waals surface area (Å²) in [5.41, 5.74) is 3.19. The van der Waals surface area contributed by atoms with E-state index in [4.69, 9.17) is 10.2 Å². The summed E-state index contributed by atoms with van der Waals surface area (Å²) in [6, 6.07) is 8.92. The van der Waals surface area contributed by atoms with Gasteiger partial charge in [0.2, 0.25) is 0 Å². The average Bonchev–Trinajstić information content (AvgIpc) is 2.96. The molecule has 1 aliphatic heterocycles. The maximum absolute atomic E-state index is 5.14. The van der Waals surface area contributed by atoms with Crippen LogP contribution in [0.15, 0.2) is 34.5 Å². The lowest BCUT2D eigenvalue weighted by Crippen LogP contribution is -2.64. The molecule has 1 fully saturated rings. The van der Waals surface area contributed by atoms with Gasteiger partial charge in [-0.3, -0.25) is 0 Å². The highest BCUT2D eigenvalue weighted by Gasteiger charge is 2.77. The lowest BCUT2D eigenvalue weighted by molar-refractivity contribution is -0.0428. The van der Waals surface area contributed by atoms with E-state index in [-0.39, 0.29) is 31.4 Å². The van der Waals surface area contributed by atoms with E-state index in [2.05, 4.69) is 91.4 Å². The van der Waals surface area contributed by atoms with E-state index < -0.39 is 0 Å². The average molecular weight is 343 g/mol. The Morgan fingerprint density at radius 2 is 1.12 bits per heavy atom. The van der Waals surface area contributed by atoms with Gasteiger partial charge in [-0.05, 0) is 17.5 Å². The Morgan fingerprint density at radius 1 is 0.708 bits per heavy atom. The lowest BCUT2D eigenvalue weighted by atomic mass is 9.51. The van der Waals surface area contributed by atoms with Gasteiger partial charge in [0.05, 0.1) is 0 Å². The summed E-state index contributed by atoms with van der Waals surface area (Å²) in [6.45, 7) is 18.9. The zero-order chi connectivity index (χ0) is 17.8. The van der Waals surface area contributed by atoms with Crippen molar-refractivity contribution in [2.75, 3.05) is 0 Å². The molecule has 0 amide bonds. The highest BCUT2D eigenvalue weighted by atomic mass is 32.2. The summed E-state index contributed by atoms with van der Waals surface area (Å²) in [5, 5.41) is 10.2. The molecule has 3 heteroatoms. The van der Waals surface area contributed by atoms with Crippen LogP contribution in [0.25, 0.3) is 0 Å². The van der Waals surface area contributed by atoms with Gasteiger partial charge < -0.3 is 0 Å². The molecule has 1 aromatic rings. The zero-order valence-corrected chi connectivity index (χ0v) is 17.1. The third-order valence-corrected chi connectivity index (χ3v) is 10.2. The maximum Gasteiger partial charge on any atom is 0.147 e. The number of hydrogen-bond donors (Lipinski definition) is 0. The molecule has 4 rings (SSSR count). The van der Waals surface area contributed by atoms with Gasteiger partial charge >= 0.3 is 0 Å². The molecule has 1 aromatic carbocycles. The summed E-state index contributed by atoms with van der Waals surface area (Å²) < 4.78 is 0. The largest absolute Gasteiger partial charge is 0.174 e. The number of benzene rings is 1. The summed E-state index contributed by atoms with van der Waals surface area (Å²) in [5.74, 6) is 0. The first kappa shape index (κ1) is 16.6. The third-order valence-electron chi connectivity index (χ3n) is 7.31. The lowest BCUT2D eigenvalue weighted by Gasteiger charge is -2.63. The van der Waals surface area contributed by atoms with Crippen LogP contribution in [0.3, 0.4) is 0 Å². The Balaban J connectivity index is 1.91. The molecule has 0 bridgehead atoms. The van der Waals surface area contributed by atoms with Crippen LogP contribution in [0.2, 0.25) is 0 Å². The van der Waals surface area contributed by atoms with Gasteiger partial charge in [-0.25, -0.2) is 0 Å². The quantitative estimate of drug-likeness (QED) is 0.542. The van der Waals surface area contributed by atoms with Crippen molar-refractivity contribution in [3.63, 3.8) is 0 Å². The fraction of sp³-hybridized carbons (Fsp3) is 0.714. The molecule has 3 aliphatic rings. The van der Waals surface area contributed by atoms with Gasteiger partial charge in [0.15, 0.2) is 0 Å². The highest BCUT2D eigenvalue weighted by Crippen LogP contribution is 2.78. The van der Waals surface area contributed by atoms with Crippen LogP contribution in [-0.2, 0) is 10.8 Å². The highest BCUT2D eigenvalue weighted by molar-refractivity contribution is 8.02. The van der Waals surface area contributed by atoms with Crippen LogP contribution in [0, 0.1) is 10.8 Å². The Kier molecular flexibility index (Phi) is 2.85. The van der Waals surface area contributed by atoms with E-state index in [1.165, 1.54) is 17.5 Å². The number of rotatable bonds is 0. The second-order valence-corrected chi connectivity index (χ2v) is 11.7. The first-order valence-electron chi connectivity index (χ1n) is 9.09. The first-order valence-corrected chi connectivity index (χ1v) is 9.91. The van der Waals surface area contributed by atoms with E-state index in [9.17, 15) is 0 Å². The predicted molar refractivity (Wildman–Crippen MR) is 103 cm³/mol. The second kappa shape index (κ2) is 4.11. The fourth-order valence-electron chi connectivity index (χ4n) is 6.32. The van der Waals surface area contributed by atoms with Crippen LogP contribution in [0.5, 0.6) is 0 Å². The molecule has 0 unspecified atom stereocenters. The first-order chi connectivity index (χ1) is 10.8. The van der Waals surface area contributed by atoms with Crippen molar-refractivity contribution in [3.05, 3.63) is 35.4 Å². The maximum atomic E-state index is 5.14. The second-order valence-electron chi connectivity index (χ2n) is 10.3. The van der Waals surface area contributed by atoms with Gasteiger partial charge in [0, 0.05) is 21.7 Å². The summed E-state index contributed by atoms with van der Waals surface area (Å²) in [4.78, 5) is -0.352. The van der Waals surface area contributed by atoms with Gasteiger partial charge in [-0.2, -0.15) is 10.2 Å². The van der Waals surface area contributed by atoms with E-state index in [0.29, 0.717) is 0 Å². The molecule has 130 valence electrons. The Morgan fingerprint density at radius 3 is 1.50 bits per heavy atom. The van der Waals surface area contributed by atoms with E-state index in [0.717, 1.165) is 0 Å². The molecule has 0 atom stereocenters. The van der Waals surface area contributed by atoms with Gasteiger partial charge in [-0.1, -0.05) is 91.4 Å². The molecule has 1 saturated carbocycles. The van der Waals surface area contributed by atoms with Crippen molar-refractivity contribution in [2.45, 2.75) is 82.4 Å². The molecular formula is C21H30N2S. The summed E-state index contributed by atoms with van der Waals surface area (Å²) >= 11 is 2.06. The summed E-state index contributed by atoms with van der Waals surface area (Å²) in [7, 11) is 0.